The fourth-order valence-electron chi connectivity index (χ4n) is 3.61. The van der Waals surface area contributed by atoms with Crippen LogP contribution in [0.5, 0.6) is 0 Å². The Kier molecular flexibility index (Phi) is 4.11. The molecule has 2 atom stereocenters. The zero-order valence-corrected chi connectivity index (χ0v) is 15.2. The molecule has 0 saturated heterocycles. The number of aryl methyl sites for hydroxylation is 2. The molecule has 2 aromatic rings. The Balaban J connectivity index is 1.70. The van der Waals surface area contributed by atoms with E-state index < -0.39 is 10.0 Å². The average Bonchev–Trinajstić information content (AvgIpc) is 2.77. The van der Waals surface area contributed by atoms with Crippen LogP contribution < -0.4 is 5.14 Å². The van der Waals surface area contributed by atoms with Crippen molar-refractivity contribution in [2.24, 2.45) is 16.5 Å². The van der Waals surface area contributed by atoms with Gasteiger partial charge in [-0.25, -0.2) is 18.5 Å². The highest BCUT2D eigenvalue weighted by molar-refractivity contribution is 7.89. The van der Waals surface area contributed by atoms with Crippen molar-refractivity contribution in [3.63, 3.8) is 0 Å². The van der Waals surface area contributed by atoms with Crippen molar-refractivity contribution < 1.29 is 8.42 Å². The third-order valence-electron chi connectivity index (χ3n) is 4.96. The molecule has 0 bridgehead atoms. The Morgan fingerprint density at radius 1 is 1.26 bits per heavy atom. The van der Waals surface area contributed by atoms with Gasteiger partial charge in [0.1, 0.15) is 0 Å². The number of nitrogens with zero attached hydrogens (tertiary/aromatic N) is 1. The van der Waals surface area contributed by atoms with Crippen molar-refractivity contribution in [1.29, 1.82) is 0 Å². The Morgan fingerprint density at radius 2 is 1.91 bits per heavy atom. The predicted octanol–water partition coefficient (Wildman–Crippen LogP) is 3.47. The molecule has 1 aromatic carbocycles. The molecule has 1 aromatic heterocycles. The molecule has 0 aliphatic heterocycles. The molecule has 1 saturated carbocycles. The van der Waals surface area contributed by atoms with Crippen LogP contribution in [0.15, 0.2) is 35.4 Å². The second-order valence-electron chi connectivity index (χ2n) is 6.92. The molecular weight excluding hydrogens is 328 g/mol. The largest absolute Gasteiger partial charge is 0.249 e. The van der Waals surface area contributed by atoms with E-state index in [1.54, 1.807) is 23.5 Å². The van der Waals surface area contributed by atoms with Crippen LogP contribution in [0.1, 0.15) is 41.6 Å². The highest BCUT2D eigenvalue weighted by Gasteiger charge is 2.57. The first kappa shape index (κ1) is 16.6. The third-order valence-corrected chi connectivity index (χ3v) is 6.86. The lowest BCUT2D eigenvalue weighted by atomic mass is 10.0. The molecule has 0 spiro atoms. The maximum absolute atomic E-state index is 11.4. The van der Waals surface area contributed by atoms with Gasteiger partial charge in [-0.15, -0.1) is 11.3 Å². The number of nitrogens with two attached hydrogens (primary N) is 1. The number of sulfonamides is 1. The Bertz CT molecular complexity index is 807. The van der Waals surface area contributed by atoms with E-state index in [9.17, 15) is 8.42 Å². The summed E-state index contributed by atoms with van der Waals surface area (Å²) < 4.78 is 22.7. The summed E-state index contributed by atoms with van der Waals surface area (Å²) in [6.45, 7) is 6.64. The topological polar surface area (TPSA) is 73.0 Å². The lowest BCUT2D eigenvalue weighted by Crippen LogP contribution is -2.11. The Labute approximate surface area is 141 Å². The van der Waals surface area contributed by atoms with Crippen LogP contribution in [0.4, 0.5) is 0 Å². The number of rotatable bonds is 5. The summed E-state index contributed by atoms with van der Waals surface area (Å²) in [6, 6.07) is 7.03. The smallest absolute Gasteiger partial charge is 0.238 e. The average molecular weight is 351 g/mol. The van der Waals surface area contributed by atoms with E-state index in [0.717, 1.165) is 12.8 Å². The Morgan fingerprint density at radius 3 is 2.43 bits per heavy atom. The van der Waals surface area contributed by atoms with Gasteiger partial charge in [0.2, 0.25) is 10.0 Å². The first-order chi connectivity index (χ1) is 10.7. The van der Waals surface area contributed by atoms with Gasteiger partial charge in [-0.05, 0) is 54.7 Å². The van der Waals surface area contributed by atoms with E-state index in [1.165, 1.54) is 15.4 Å². The molecule has 4 nitrogen and oxygen atoms in total. The molecule has 6 heteroatoms. The van der Waals surface area contributed by atoms with Crippen LogP contribution in [0.3, 0.4) is 0 Å². The van der Waals surface area contributed by atoms with Crippen LogP contribution in [-0.2, 0) is 16.4 Å². The second-order valence-corrected chi connectivity index (χ2v) is 9.80. The van der Waals surface area contributed by atoms with E-state index in [-0.39, 0.29) is 10.3 Å². The van der Waals surface area contributed by atoms with E-state index in [1.807, 2.05) is 18.3 Å². The van der Waals surface area contributed by atoms with Crippen molar-refractivity contribution in [2.75, 3.05) is 0 Å². The van der Waals surface area contributed by atoms with Crippen LogP contribution in [0, 0.1) is 18.3 Å². The van der Waals surface area contributed by atoms with Crippen molar-refractivity contribution >= 4 is 21.4 Å². The summed E-state index contributed by atoms with van der Waals surface area (Å²) >= 11 is 1.77. The van der Waals surface area contributed by atoms with Crippen molar-refractivity contribution in [2.45, 2.75) is 44.4 Å². The van der Waals surface area contributed by atoms with Crippen molar-refractivity contribution in [1.82, 2.24) is 4.98 Å². The minimum atomic E-state index is -3.62. The normalized spacial score (nSPS) is 23.0. The lowest BCUT2D eigenvalue weighted by molar-refractivity contribution is 0.530. The van der Waals surface area contributed by atoms with Gasteiger partial charge in [-0.2, -0.15) is 0 Å². The predicted molar refractivity (Wildman–Crippen MR) is 93.0 cm³/mol. The number of thiazole rings is 1. The molecule has 2 unspecified atom stereocenters. The fraction of sp³-hybridized carbons (Fsp3) is 0.471. The maximum atomic E-state index is 11.4. The molecule has 1 fully saturated rings. The summed E-state index contributed by atoms with van der Waals surface area (Å²) in [7, 11) is -3.62. The van der Waals surface area contributed by atoms with Gasteiger partial charge >= 0.3 is 0 Å². The number of benzene rings is 1. The maximum Gasteiger partial charge on any atom is 0.238 e. The summed E-state index contributed by atoms with van der Waals surface area (Å²) in [5.74, 6) is 1.07. The molecule has 3 rings (SSSR count). The van der Waals surface area contributed by atoms with E-state index in [0.29, 0.717) is 11.8 Å². The van der Waals surface area contributed by atoms with Gasteiger partial charge in [0, 0.05) is 11.1 Å². The highest BCUT2D eigenvalue weighted by Crippen LogP contribution is 2.66. The highest BCUT2D eigenvalue weighted by atomic mass is 32.2. The first-order valence-electron chi connectivity index (χ1n) is 7.73. The zero-order valence-electron chi connectivity index (χ0n) is 13.6. The number of primary sulfonamides is 1. The molecular formula is C17H22N2O2S2. The minimum Gasteiger partial charge on any atom is -0.249 e. The first-order valence-corrected chi connectivity index (χ1v) is 10.1. The van der Waals surface area contributed by atoms with Gasteiger partial charge < -0.3 is 0 Å². The number of hydrogen-bond donors (Lipinski definition) is 1. The summed E-state index contributed by atoms with van der Waals surface area (Å²) in [4.78, 5) is 5.87. The molecule has 2 N–H and O–H groups in total. The SMILES string of the molecule is Cc1cnc(CCC2C(c3ccc(S(N)(=O)=O)cc3)C2(C)C)s1. The van der Waals surface area contributed by atoms with E-state index in [2.05, 4.69) is 25.8 Å². The zero-order chi connectivity index (χ0) is 16.8. The summed E-state index contributed by atoms with van der Waals surface area (Å²) in [5, 5.41) is 6.36. The number of hydrogen-bond acceptors (Lipinski definition) is 4. The second kappa shape index (κ2) is 5.69. The quantitative estimate of drug-likeness (QED) is 0.897. The standard InChI is InChI=1S/C17H22N2O2S2/c1-11-10-19-15(22-11)9-8-14-16(17(14,2)3)12-4-6-13(7-5-12)23(18,20)21/h4-7,10,14,16H,8-9H2,1-3H3,(H2,18,20,21). The molecule has 124 valence electrons. The molecule has 1 aliphatic carbocycles. The van der Waals surface area contributed by atoms with Gasteiger partial charge in [0.05, 0.1) is 9.90 Å². The summed E-state index contributed by atoms with van der Waals surface area (Å²) in [5.41, 5.74) is 1.44. The molecule has 23 heavy (non-hydrogen) atoms. The monoisotopic (exact) mass is 350 g/mol. The Hall–Kier alpha value is -1.24. The lowest BCUT2D eigenvalue weighted by Gasteiger charge is -2.04. The fourth-order valence-corrected chi connectivity index (χ4v) is 4.92. The van der Waals surface area contributed by atoms with Gasteiger partial charge in [0.25, 0.3) is 0 Å². The van der Waals surface area contributed by atoms with Crippen LogP contribution in [-0.4, -0.2) is 13.4 Å². The minimum absolute atomic E-state index is 0.175. The van der Waals surface area contributed by atoms with E-state index in [4.69, 9.17) is 5.14 Å². The van der Waals surface area contributed by atoms with Gasteiger partial charge in [-0.3, -0.25) is 0 Å². The molecule has 1 aliphatic rings. The van der Waals surface area contributed by atoms with Gasteiger partial charge in [0.15, 0.2) is 0 Å². The van der Waals surface area contributed by atoms with Crippen molar-refractivity contribution in [3.05, 3.63) is 45.9 Å². The van der Waals surface area contributed by atoms with Crippen molar-refractivity contribution in [3.8, 4) is 0 Å². The van der Waals surface area contributed by atoms with E-state index >= 15 is 0 Å². The summed E-state index contributed by atoms with van der Waals surface area (Å²) in [6.07, 6.45) is 4.06. The van der Waals surface area contributed by atoms with Crippen LogP contribution in [0.2, 0.25) is 0 Å². The molecule has 0 amide bonds. The molecule has 1 heterocycles. The number of aromatic nitrogens is 1. The molecule has 0 radical (unpaired) electrons. The van der Waals surface area contributed by atoms with Gasteiger partial charge in [-0.1, -0.05) is 26.0 Å². The van der Waals surface area contributed by atoms with Crippen LogP contribution in [0.25, 0.3) is 0 Å². The van der Waals surface area contributed by atoms with Crippen LogP contribution >= 0.6 is 11.3 Å². The third kappa shape index (κ3) is 3.34.